The molecule has 11 nitrogen and oxygen atoms in total. The SMILES string of the molecule is COc1ccc(CN(Cc2ccc(OC)cc2)S(=O)(=O)c2c(Br)ccc(C3CC=C(C#N)CC3)c2-c2nnn(Cc3ccc(OC)cc3)n2)cc1. The van der Waals surface area contributed by atoms with E-state index in [0.29, 0.717) is 47.3 Å². The standard InChI is InChI=1S/C38H37BrN6O5S/c1-48-31-14-6-27(7-15-31)23-44(24-28-8-16-32(49-2)17-9-28)51(46,47)37-35(39)21-20-34(30-12-4-26(22-40)5-13-30)36(37)38-41-43-45(42-38)25-29-10-18-33(50-3)19-11-29/h4,6-11,14-21,30H,5,12-13,23-25H2,1-3H3. The molecule has 4 aromatic carbocycles. The number of sulfonamides is 1. The predicted molar refractivity (Wildman–Crippen MR) is 196 cm³/mol. The number of nitriles is 1. The van der Waals surface area contributed by atoms with Gasteiger partial charge in [0.2, 0.25) is 15.8 Å². The molecule has 262 valence electrons. The third kappa shape index (κ3) is 8.14. The molecule has 0 saturated carbocycles. The summed E-state index contributed by atoms with van der Waals surface area (Å²) in [4.78, 5) is 1.51. The Morgan fingerprint density at radius 1 is 0.843 bits per heavy atom. The predicted octanol–water partition coefficient (Wildman–Crippen LogP) is 7.29. The van der Waals surface area contributed by atoms with Gasteiger partial charge in [0.25, 0.3) is 0 Å². The summed E-state index contributed by atoms with van der Waals surface area (Å²) in [6.07, 6.45) is 3.78. The Morgan fingerprint density at radius 2 is 1.39 bits per heavy atom. The lowest BCUT2D eigenvalue weighted by atomic mass is 9.82. The molecular weight excluding hydrogens is 732 g/mol. The maximum atomic E-state index is 15.2. The fourth-order valence-corrected chi connectivity index (χ4v) is 8.76. The molecule has 1 aliphatic carbocycles. The normalized spacial score (nSPS) is 14.5. The molecule has 1 unspecified atom stereocenters. The molecule has 5 aromatic rings. The van der Waals surface area contributed by atoms with Crippen molar-refractivity contribution in [1.29, 1.82) is 5.26 Å². The molecular formula is C38H37BrN6O5S. The molecule has 51 heavy (non-hydrogen) atoms. The highest BCUT2D eigenvalue weighted by atomic mass is 79.9. The van der Waals surface area contributed by atoms with Gasteiger partial charge in [-0.1, -0.05) is 48.5 Å². The zero-order valence-corrected chi connectivity index (χ0v) is 30.9. The summed E-state index contributed by atoms with van der Waals surface area (Å²) in [6, 6.07) is 28.2. The smallest absolute Gasteiger partial charge is 0.245 e. The van der Waals surface area contributed by atoms with Gasteiger partial charge in [-0.2, -0.15) is 14.4 Å². The van der Waals surface area contributed by atoms with Gasteiger partial charge in [-0.15, -0.1) is 10.2 Å². The van der Waals surface area contributed by atoms with E-state index in [1.54, 1.807) is 27.4 Å². The number of rotatable bonds is 13. The first kappa shape index (κ1) is 35.8. The van der Waals surface area contributed by atoms with Gasteiger partial charge >= 0.3 is 0 Å². The van der Waals surface area contributed by atoms with Gasteiger partial charge in [-0.05, 0) is 111 Å². The maximum Gasteiger partial charge on any atom is 0.245 e. The monoisotopic (exact) mass is 768 g/mol. The summed E-state index contributed by atoms with van der Waals surface area (Å²) in [5.74, 6) is 2.21. The van der Waals surface area contributed by atoms with Crippen LogP contribution in [-0.4, -0.2) is 54.3 Å². The van der Waals surface area contributed by atoms with E-state index in [0.717, 1.165) is 33.6 Å². The fourth-order valence-electron chi connectivity index (χ4n) is 6.14. The molecule has 0 radical (unpaired) electrons. The van der Waals surface area contributed by atoms with E-state index >= 15 is 8.42 Å². The van der Waals surface area contributed by atoms with Crippen LogP contribution in [0.3, 0.4) is 0 Å². The van der Waals surface area contributed by atoms with Crippen LogP contribution in [0.5, 0.6) is 17.2 Å². The molecule has 0 aliphatic heterocycles. The zero-order valence-electron chi connectivity index (χ0n) is 28.5. The third-order valence-corrected chi connectivity index (χ3v) is 11.7. The Morgan fingerprint density at radius 3 is 1.88 bits per heavy atom. The largest absolute Gasteiger partial charge is 0.497 e. The molecule has 0 fully saturated rings. The number of hydrogen-bond donors (Lipinski definition) is 0. The van der Waals surface area contributed by atoms with E-state index in [-0.39, 0.29) is 29.7 Å². The first-order valence-corrected chi connectivity index (χ1v) is 18.5. The van der Waals surface area contributed by atoms with Gasteiger partial charge in [0.05, 0.1) is 33.9 Å². The van der Waals surface area contributed by atoms with E-state index < -0.39 is 10.0 Å². The van der Waals surface area contributed by atoms with Crippen LogP contribution in [0.4, 0.5) is 0 Å². The lowest BCUT2D eigenvalue weighted by Crippen LogP contribution is -2.31. The van der Waals surface area contributed by atoms with Gasteiger partial charge in [0, 0.05) is 28.7 Å². The van der Waals surface area contributed by atoms with Crippen LogP contribution >= 0.6 is 15.9 Å². The number of allylic oxidation sites excluding steroid dienone is 2. The van der Waals surface area contributed by atoms with Crippen molar-refractivity contribution in [3.8, 4) is 34.7 Å². The highest BCUT2D eigenvalue weighted by molar-refractivity contribution is 9.10. The Bertz CT molecular complexity index is 2110. The summed E-state index contributed by atoms with van der Waals surface area (Å²) >= 11 is 3.62. The minimum absolute atomic E-state index is 0.0566. The van der Waals surface area contributed by atoms with Crippen LogP contribution in [0.1, 0.15) is 47.4 Å². The van der Waals surface area contributed by atoms with Crippen molar-refractivity contribution >= 4 is 26.0 Å². The summed E-state index contributed by atoms with van der Waals surface area (Å²) in [6.45, 7) is 0.495. The Balaban J connectivity index is 1.47. The van der Waals surface area contributed by atoms with Crippen molar-refractivity contribution in [2.24, 2.45) is 0 Å². The average molecular weight is 770 g/mol. The molecule has 1 aromatic heterocycles. The van der Waals surface area contributed by atoms with Crippen molar-refractivity contribution in [2.45, 2.75) is 49.7 Å². The lowest BCUT2D eigenvalue weighted by Gasteiger charge is -2.27. The van der Waals surface area contributed by atoms with Crippen molar-refractivity contribution < 1.29 is 22.6 Å². The summed E-state index contributed by atoms with van der Waals surface area (Å²) in [5.41, 5.74) is 4.39. The molecule has 1 heterocycles. The number of hydrogen-bond acceptors (Lipinski definition) is 9. The number of aromatic nitrogens is 4. The molecule has 0 bridgehead atoms. The van der Waals surface area contributed by atoms with Gasteiger partial charge in [-0.3, -0.25) is 0 Å². The number of tetrazole rings is 1. The van der Waals surface area contributed by atoms with Crippen molar-refractivity contribution in [1.82, 2.24) is 24.5 Å². The van der Waals surface area contributed by atoms with Crippen LogP contribution in [0.15, 0.2) is 106 Å². The maximum absolute atomic E-state index is 15.2. The van der Waals surface area contributed by atoms with Crippen molar-refractivity contribution in [3.05, 3.63) is 123 Å². The molecule has 0 amide bonds. The molecule has 13 heteroatoms. The lowest BCUT2D eigenvalue weighted by molar-refractivity contribution is 0.397. The fraction of sp³-hybridized carbons (Fsp3) is 0.263. The van der Waals surface area contributed by atoms with E-state index in [9.17, 15) is 5.26 Å². The molecule has 0 N–H and O–H groups in total. The first-order chi connectivity index (χ1) is 24.7. The van der Waals surface area contributed by atoms with Gasteiger partial charge in [0.15, 0.2) is 0 Å². The quantitative estimate of drug-likeness (QED) is 0.121. The molecule has 1 aliphatic rings. The van der Waals surface area contributed by atoms with E-state index in [2.05, 4.69) is 32.3 Å². The van der Waals surface area contributed by atoms with E-state index in [1.165, 1.54) is 9.10 Å². The Hall–Kier alpha value is -5.03. The summed E-state index contributed by atoms with van der Waals surface area (Å²) < 4.78 is 48.2. The van der Waals surface area contributed by atoms with Gasteiger partial charge in [-0.25, -0.2) is 8.42 Å². The zero-order chi connectivity index (χ0) is 36.0. The second-order valence-electron chi connectivity index (χ2n) is 12.1. The second-order valence-corrected chi connectivity index (χ2v) is 14.8. The molecule has 0 saturated heterocycles. The highest BCUT2D eigenvalue weighted by Gasteiger charge is 2.35. The van der Waals surface area contributed by atoms with E-state index in [4.69, 9.17) is 19.3 Å². The third-order valence-electron chi connectivity index (χ3n) is 8.93. The first-order valence-electron chi connectivity index (χ1n) is 16.3. The number of ether oxygens (including phenoxy) is 3. The molecule has 0 spiro atoms. The number of halogens is 1. The van der Waals surface area contributed by atoms with Crippen LogP contribution < -0.4 is 14.2 Å². The minimum Gasteiger partial charge on any atom is -0.497 e. The summed E-state index contributed by atoms with van der Waals surface area (Å²) in [7, 11) is 0.542. The van der Waals surface area contributed by atoms with Crippen LogP contribution in [0.25, 0.3) is 11.4 Å². The van der Waals surface area contributed by atoms with Crippen LogP contribution in [0, 0.1) is 11.3 Å². The van der Waals surface area contributed by atoms with Crippen LogP contribution in [-0.2, 0) is 29.7 Å². The Kier molecular flexibility index (Phi) is 11.1. The molecule has 6 rings (SSSR count). The van der Waals surface area contributed by atoms with E-state index in [1.807, 2.05) is 84.9 Å². The van der Waals surface area contributed by atoms with Crippen molar-refractivity contribution in [3.63, 3.8) is 0 Å². The highest BCUT2D eigenvalue weighted by Crippen LogP contribution is 2.43. The van der Waals surface area contributed by atoms with Gasteiger partial charge in [0.1, 0.15) is 22.1 Å². The number of nitrogens with zero attached hydrogens (tertiary/aromatic N) is 6. The Labute approximate surface area is 306 Å². The molecule has 1 atom stereocenters. The topological polar surface area (TPSA) is 132 Å². The number of methoxy groups -OCH3 is 3. The van der Waals surface area contributed by atoms with Crippen LogP contribution in [0.2, 0.25) is 0 Å². The van der Waals surface area contributed by atoms with Gasteiger partial charge < -0.3 is 14.2 Å². The van der Waals surface area contributed by atoms with Crippen molar-refractivity contribution in [2.75, 3.05) is 21.3 Å². The number of benzene rings is 4. The summed E-state index contributed by atoms with van der Waals surface area (Å²) in [5, 5.41) is 23.1. The average Bonchev–Trinajstić information content (AvgIpc) is 3.63. The second kappa shape index (κ2) is 15.9. The minimum atomic E-state index is -4.25.